The van der Waals surface area contributed by atoms with Gasteiger partial charge in [-0.3, -0.25) is 4.79 Å². The summed E-state index contributed by atoms with van der Waals surface area (Å²) < 4.78 is 5.22. The van der Waals surface area contributed by atoms with Crippen LogP contribution in [0.5, 0.6) is 5.75 Å². The van der Waals surface area contributed by atoms with Crippen LogP contribution in [0.1, 0.15) is 5.56 Å². The van der Waals surface area contributed by atoms with Gasteiger partial charge in [-0.2, -0.15) is 0 Å². The molecule has 0 spiro atoms. The molecule has 0 aromatic heterocycles. The van der Waals surface area contributed by atoms with Crippen LogP contribution < -0.4 is 10.1 Å². The quantitative estimate of drug-likeness (QED) is 0.588. The van der Waals surface area contributed by atoms with Crippen molar-refractivity contribution in [1.82, 2.24) is 5.32 Å². The van der Waals surface area contributed by atoms with E-state index in [4.69, 9.17) is 16.3 Å². The molecule has 0 saturated heterocycles. The lowest BCUT2D eigenvalue weighted by molar-refractivity contribution is -0.131. The van der Waals surface area contributed by atoms with Gasteiger partial charge in [-0.1, -0.05) is 18.1 Å². The maximum Gasteiger partial charge on any atom is 0.328 e. The van der Waals surface area contributed by atoms with Gasteiger partial charge in [0.2, 0.25) is 0 Å². The molecule has 2 N–H and O–H groups in total. The summed E-state index contributed by atoms with van der Waals surface area (Å²) in [6.45, 7) is 0.0487. The molecule has 0 heterocycles. The highest BCUT2D eigenvalue weighted by molar-refractivity contribution is 5.85. The van der Waals surface area contributed by atoms with Gasteiger partial charge in [-0.15, -0.1) is 6.42 Å². The Balaban J connectivity index is 2.46. The first-order valence-corrected chi connectivity index (χ1v) is 5.46. The Hall–Kier alpha value is -2.74. The Kier molecular flexibility index (Phi) is 5.70. The predicted octanol–water partition coefficient (Wildman–Crippen LogP) is 0.913. The van der Waals surface area contributed by atoms with Gasteiger partial charge < -0.3 is 15.2 Å². The highest BCUT2D eigenvalue weighted by Gasteiger charge is 2.01. The van der Waals surface area contributed by atoms with Crippen molar-refractivity contribution in [3.8, 4) is 18.1 Å². The zero-order chi connectivity index (χ0) is 14.1. The summed E-state index contributed by atoms with van der Waals surface area (Å²) in [7, 11) is 0. The van der Waals surface area contributed by atoms with Crippen LogP contribution in [0.3, 0.4) is 0 Å². The minimum Gasteiger partial charge on any atom is -0.484 e. The SMILES string of the molecule is C#CCNC(=O)COc1ccc(/C=C/C(=O)O)cc1. The molecule has 1 rings (SSSR count). The van der Waals surface area contributed by atoms with E-state index < -0.39 is 5.97 Å². The van der Waals surface area contributed by atoms with E-state index in [9.17, 15) is 9.59 Å². The van der Waals surface area contributed by atoms with Crippen LogP contribution in [0.4, 0.5) is 0 Å². The molecule has 0 bridgehead atoms. The topological polar surface area (TPSA) is 75.6 Å². The maximum atomic E-state index is 11.2. The number of aliphatic carboxylic acids is 1. The van der Waals surface area contributed by atoms with Crippen LogP contribution in [0.2, 0.25) is 0 Å². The molecule has 1 aromatic carbocycles. The molecule has 1 amide bonds. The summed E-state index contributed by atoms with van der Waals surface area (Å²) in [5.41, 5.74) is 0.728. The van der Waals surface area contributed by atoms with E-state index in [1.807, 2.05) is 0 Å². The number of hydrogen-bond acceptors (Lipinski definition) is 3. The first-order chi connectivity index (χ1) is 9.11. The number of benzene rings is 1. The third kappa shape index (κ3) is 5.94. The van der Waals surface area contributed by atoms with Gasteiger partial charge in [-0.25, -0.2) is 4.79 Å². The van der Waals surface area contributed by atoms with Gasteiger partial charge in [0.15, 0.2) is 6.61 Å². The molecule has 0 aliphatic heterocycles. The number of ether oxygens (including phenoxy) is 1. The Morgan fingerprint density at radius 2 is 2.05 bits per heavy atom. The van der Waals surface area contributed by atoms with Crippen molar-refractivity contribution in [3.63, 3.8) is 0 Å². The van der Waals surface area contributed by atoms with Crippen molar-refractivity contribution in [2.24, 2.45) is 0 Å². The predicted molar refractivity (Wildman–Crippen MR) is 70.4 cm³/mol. The lowest BCUT2D eigenvalue weighted by Gasteiger charge is -2.05. The second-order valence-corrected chi connectivity index (χ2v) is 3.51. The molecule has 0 aliphatic carbocycles. The summed E-state index contributed by atoms with van der Waals surface area (Å²) >= 11 is 0. The number of amides is 1. The number of carboxylic acid groups (broad SMARTS) is 1. The Bertz CT molecular complexity index is 511. The third-order valence-electron chi connectivity index (χ3n) is 2.06. The van der Waals surface area contributed by atoms with Gasteiger partial charge in [0.1, 0.15) is 5.75 Å². The van der Waals surface area contributed by atoms with Gasteiger partial charge in [-0.05, 0) is 23.8 Å². The fraction of sp³-hybridized carbons (Fsp3) is 0.143. The normalized spacial score (nSPS) is 9.84. The smallest absolute Gasteiger partial charge is 0.328 e. The van der Waals surface area contributed by atoms with Crippen molar-refractivity contribution in [1.29, 1.82) is 0 Å². The molecule has 5 heteroatoms. The molecular weight excluding hydrogens is 246 g/mol. The van der Waals surface area contributed by atoms with E-state index >= 15 is 0 Å². The van der Waals surface area contributed by atoms with Crippen molar-refractivity contribution in [2.45, 2.75) is 0 Å². The zero-order valence-electron chi connectivity index (χ0n) is 10.1. The Morgan fingerprint density at radius 3 is 2.63 bits per heavy atom. The van der Waals surface area contributed by atoms with Crippen molar-refractivity contribution < 1.29 is 19.4 Å². The molecule has 1 aromatic rings. The monoisotopic (exact) mass is 259 g/mol. The molecule has 0 saturated carbocycles. The highest BCUT2D eigenvalue weighted by Crippen LogP contribution is 2.12. The van der Waals surface area contributed by atoms with Crippen LogP contribution in [-0.4, -0.2) is 30.1 Å². The zero-order valence-corrected chi connectivity index (χ0v) is 10.1. The Labute approximate surface area is 110 Å². The second-order valence-electron chi connectivity index (χ2n) is 3.51. The number of carboxylic acids is 1. The van der Waals surface area contributed by atoms with Crippen molar-refractivity contribution in [3.05, 3.63) is 35.9 Å². The van der Waals surface area contributed by atoms with Gasteiger partial charge in [0, 0.05) is 6.08 Å². The minimum atomic E-state index is -1.01. The third-order valence-corrected chi connectivity index (χ3v) is 2.06. The van der Waals surface area contributed by atoms with Crippen LogP contribution in [-0.2, 0) is 9.59 Å². The summed E-state index contributed by atoms with van der Waals surface area (Å²) in [4.78, 5) is 21.5. The molecule has 5 nitrogen and oxygen atoms in total. The molecule has 0 aliphatic rings. The number of rotatable bonds is 6. The van der Waals surface area contributed by atoms with E-state index in [1.165, 1.54) is 6.08 Å². The minimum absolute atomic E-state index is 0.119. The lowest BCUT2D eigenvalue weighted by Crippen LogP contribution is -2.28. The molecule has 98 valence electrons. The second kappa shape index (κ2) is 7.56. The summed E-state index contributed by atoms with van der Waals surface area (Å²) in [5, 5.41) is 10.9. The van der Waals surface area contributed by atoms with Gasteiger partial charge in [0.05, 0.1) is 6.54 Å². The lowest BCUT2D eigenvalue weighted by atomic mass is 10.2. The number of carbonyl (C=O) groups excluding carboxylic acids is 1. The van der Waals surface area contributed by atoms with Crippen molar-refractivity contribution >= 4 is 18.0 Å². The Morgan fingerprint density at radius 1 is 1.37 bits per heavy atom. The van der Waals surface area contributed by atoms with E-state index in [1.54, 1.807) is 24.3 Å². The summed E-state index contributed by atoms with van der Waals surface area (Å²) in [6, 6.07) is 6.67. The highest BCUT2D eigenvalue weighted by atomic mass is 16.5. The molecule has 0 unspecified atom stereocenters. The summed E-state index contributed by atoms with van der Waals surface area (Å²) in [6.07, 6.45) is 7.51. The van der Waals surface area contributed by atoms with Gasteiger partial charge in [0.25, 0.3) is 5.91 Å². The maximum absolute atomic E-state index is 11.2. The number of hydrogen-bond donors (Lipinski definition) is 2. The van der Waals surface area contributed by atoms with Crippen molar-refractivity contribution in [2.75, 3.05) is 13.2 Å². The fourth-order valence-corrected chi connectivity index (χ4v) is 1.19. The summed E-state index contributed by atoms with van der Waals surface area (Å²) in [5.74, 6) is 1.49. The molecule has 19 heavy (non-hydrogen) atoms. The number of carbonyl (C=O) groups is 2. The average molecular weight is 259 g/mol. The number of terminal acetylenes is 1. The number of nitrogens with one attached hydrogen (secondary N) is 1. The molecular formula is C14H13NO4. The van der Waals surface area contributed by atoms with Crippen LogP contribution >= 0.6 is 0 Å². The van der Waals surface area contributed by atoms with Crippen LogP contribution in [0.15, 0.2) is 30.3 Å². The molecule has 0 radical (unpaired) electrons. The standard InChI is InChI=1S/C14H13NO4/c1-2-9-15-13(16)10-19-12-6-3-11(4-7-12)5-8-14(17)18/h1,3-8H,9-10H2,(H,15,16)(H,17,18)/b8-5+. The van der Waals surface area contributed by atoms with E-state index in [0.29, 0.717) is 5.75 Å². The first-order valence-electron chi connectivity index (χ1n) is 5.46. The fourth-order valence-electron chi connectivity index (χ4n) is 1.19. The molecule has 0 fully saturated rings. The van der Waals surface area contributed by atoms with Crippen LogP contribution in [0, 0.1) is 12.3 Å². The average Bonchev–Trinajstić information content (AvgIpc) is 2.41. The van der Waals surface area contributed by atoms with Gasteiger partial charge >= 0.3 is 5.97 Å². The molecule has 0 atom stereocenters. The van der Waals surface area contributed by atoms with E-state index in [-0.39, 0.29) is 19.1 Å². The first kappa shape index (κ1) is 14.3. The van der Waals surface area contributed by atoms with E-state index in [0.717, 1.165) is 11.6 Å². The van der Waals surface area contributed by atoms with E-state index in [2.05, 4.69) is 11.2 Å². The largest absolute Gasteiger partial charge is 0.484 e. The van der Waals surface area contributed by atoms with Crippen LogP contribution in [0.25, 0.3) is 6.08 Å².